The molecular formula is C21H13BrF2N4O5. The van der Waals surface area contributed by atoms with Gasteiger partial charge in [0.15, 0.2) is 0 Å². The number of nitro benzene ring substituents is 1. The molecule has 4 rings (SSSR count). The number of aromatic nitrogens is 3. The summed E-state index contributed by atoms with van der Waals surface area (Å²) in [6.45, 7) is -0.430. The van der Waals surface area contributed by atoms with Crippen molar-refractivity contribution in [2.24, 2.45) is 0 Å². The lowest BCUT2D eigenvalue weighted by Gasteiger charge is -2.12. The van der Waals surface area contributed by atoms with Crippen LogP contribution in [0, 0.1) is 21.7 Å². The van der Waals surface area contributed by atoms with E-state index in [1.807, 2.05) is 0 Å². The third kappa shape index (κ3) is 3.89. The van der Waals surface area contributed by atoms with Crippen LogP contribution in [-0.4, -0.2) is 30.0 Å². The van der Waals surface area contributed by atoms with E-state index < -0.39 is 40.2 Å². The van der Waals surface area contributed by atoms with Crippen molar-refractivity contribution in [1.82, 2.24) is 14.0 Å². The van der Waals surface area contributed by atoms with E-state index in [4.69, 9.17) is 0 Å². The Bertz CT molecular complexity index is 1460. The summed E-state index contributed by atoms with van der Waals surface area (Å²) in [5.74, 6) is -3.25. The highest BCUT2D eigenvalue weighted by Gasteiger charge is 2.23. The molecule has 0 unspecified atom stereocenters. The molecule has 2 aromatic heterocycles. The van der Waals surface area contributed by atoms with E-state index >= 15 is 0 Å². The monoisotopic (exact) mass is 518 g/mol. The quantitative estimate of drug-likeness (QED) is 0.234. The minimum atomic E-state index is -1.52. The molecule has 0 saturated carbocycles. The van der Waals surface area contributed by atoms with E-state index in [0.717, 1.165) is 22.7 Å². The van der Waals surface area contributed by atoms with E-state index in [1.165, 1.54) is 34.9 Å². The summed E-state index contributed by atoms with van der Waals surface area (Å²) in [5.41, 5.74) is -1.02. The van der Waals surface area contributed by atoms with Gasteiger partial charge in [0, 0.05) is 34.8 Å². The maximum absolute atomic E-state index is 14.3. The number of benzene rings is 2. The Kier molecular flexibility index (Phi) is 5.77. The molecule has 33 heavy (non-hydrogen) atoms. The van der Waals surface area contributed by atoms with Crippen LogP contribution in [0.25, 0.3) is 17.0 Å². The van der Waals surface area contributed by atoms with Crippen molar-refractivity contribution in [2.75, 3.05) is 0 Å². The second kappa shape index (κ2) is 8.54. The highest BCUT2D eigenvalue weighted by molar-refractivity contribution is 9.08. The summed E-state index contributed by atoms with van der Waals surface area (Å²) in [7, 11) is 0. The van der Waals surface area contributed by atoms with Gasteiger partial charge >= 0.3 is 5.97 Å². The number of imidazole rings is 1. The molecule has 168 valence electrons. The first-order chi connectivity index (χ1) is 15.7. The van der Waals surface area contributed by atoms with Crippen molar-refractivity contribution < 1.29 is 23.6 Å². The summed E-state index contributed by atoms with van der Waals surface area (Å²) in [6, 6.07) is 8.73. The van der Waals surface area contributed by atoms with Gasteiger partial charge in [-0.3, -0.25) is 14.9 Å². The highest BCUT2D eigenvalue weighted by Crippen LogP contribution is 2.28. The normalized spacial score (nSPS) is 11.1. The molecule has 0 spiro atoms. The molecule has 0 amide bonds. The van der Waals surface area contributed by atoms with Crippen molar-refractivity contribution in [3.63, 3.8) is 0 Å². The van der Waals surface area contributed by atoms with E-state index in [-0.39, 0.29) is 33.7 Å². The number of alkyl halides is 1. The van der Waals surface area contributed by atoms with Gasteiger partial charge in [0.05, 0.1) is 22.9 Å². The van der Waals surface area contributed by atoms with Gasteiger partial charge in [-0.05, 0) is 24.3 Å². The van der Waals surface area contributed by atoms with Crippen LogP contribution in [0.4, 0.5) is 14.5 Å². The van der Waals surface area contributed by atoms with Crippen LogP contribution in [0.15, 0.2) is 53.5 Å². The molecule has 1 N–H and O–H groups in total. The first-order valence-corrected chi connectivity index (χ1v) is 10.5. The lowest BCUT2D eigenvalue weighted by atomic mass is 10.1. The van der Waals surface area contributed by atoms with Crippen molar-refractivity contribution in [1.29, 1.82) is 0 Å². The fourth-order valence-electron chi connectivity index (χ4n) is 3.45. The standard InChI is InChI=1S/C21H13BrF2N4O5/c22-8-17-18(11-4-6-12(7-5-11)28(32)33)25-21-26(9-13-15(23)2-1-3-16(13)24)10-14(20(30)31)19(29)27(17)21/h1-7,10H,8-9H2,(H,30,31). The molecule has 0 aliphatic heterocycles. The number of non-ortho nitro benzene ring substituents is 1. The van der Waals surface area contributed by atoms with Crippen molar-refractivity contribution in [3.05, 3.63) is 97.6 Å². The second-order valence-electron chi connectivity index (χ2n) is 6.96. The van der Waals surface area contributed by atoms with Gasteiger partial charge in [-0.2, -0.15) is 0 Å². The van der Waals surface area contributed by atoms with Gasteiger partial charge in [-0.25, -0.2) is 23.0 Å². The Morgan fingerprint density at radius 2 is 1.79 bits per heavy atom. The molecule has 2 aromatic carbocycles. The van der Waals surface area contributed by atoms with Gasteiger partial charge < -0.3 is 9.67 Å². The minimum Gasteiger partial charge on any atom is -0.477 e. The van der Waals surface area contributed by atoms with Crippen LogP contribution in [0.3, 0.4) is 0 Å². The zero-order chi connectivity index (χ0) is 23.9. The van der Waals surface area contributed by atoms with Crippen molar-refractivity contribution >= 4 is 33.4 Å². The number of hydrogen-bond acceptors (Lipinski definition) is 5. The zero-order valence-corrected chi connectivity index (χ0v) is 18.1. The number of carboxylic acid groups (broad SMARTS) is 1. The summed E-state index contributed by atoms with van der Waals surface area (Å²) in [6.07, 6.45) is 0.983. The van der Waals surface area contributed by atoms with E-state index in [0.29, 0.717) is 5.56 Å². The van der Waals surface area contributed by atoms with E-state index in [9.17, 15) is 33.6 Å². The predicted molar refractivity (Wildman–Crippen MR) is 117 cm³/mol. The molecule has 9 nitrogen and oxygen atoms in total. The van der Waals surface area contributed by atoms with Gasteiger partial charge in [0.2, 0.25) is 5.78 Å². The number of nitrogens with zero attached hydrogens (tertiary/aromatic N) is 4. The molecule has 0 atom stereocenters. The van der Waals surface area contributed by atoms with Gasteiger partial charge in [0.1, 0.15) is 17.2 Å². The Labute approximate surface area is 191 Å². The van der Waals surface area contributed by atoms with Crippen LogP contribution >= 0.6 is 15.9 Å². The molecule has 0 saturated heterocycles. The average Bonchev–Trinajstić information content (AvgIpc) is 3.18. The molecule has 4 aromatic rings. The Morgan fingerprint density at radius 1 is 1.15 bits per heavy atom. The van der Waals surface area contributed by atoms with Crippen LogP contribution in [0.2, 0.25) is 0 Å². The van der Waals surface area contributed by atoms with Crippen LogP contribution in [0.5, 0.6) is 0 Å². The third-order valence-electron chi connectivity index (χ3n) is 5.03. The van der Waals surface area contributed by atoms with Crippen LogP contribution in [-0.2, 0) is 11.9 Å². The number of aromatic carboxylic acids is 1. The number of carbonyl (C=O) groups is 1. The molecule has 0 bridgehead atoms. The summed E-state index contributed by atoms with van der Waals surface area (Å²) in [5, 5.41) is 20.5. The number of rotatable bonds is 6. The molecule has 0 aliphatic carbocycles. The Hall–Kier alpha value is -3.93. The number of nitro groups is 1. The van der Waals surface area contributed by atoms with Crippen molar-refractivity contribution in [3.8, 4) is 11.3 Å². The zero-order valence-electron chi connectivity index (χ0n) is 16.5. The fourth-order valence-corrected chi connectivity index (χ4v) is 3.96. The van der Waals surface area contributed by atoms with Crippen molar-refractivity contribution in [2.45, 2.75) is 11.9 Å². The molecule has 0 radical (unpaired) electrons. The number of halogens is 3. The highest BCUT2D eigenvalue weighted by atomic mass is 79.9. The van der Waals surface area contributed by atoms with Gasteiger partial charge in [-0.15, -0.1) is 0 Å². The topological polar surface area (TPSA) is 120 Å². The summed E-state index contributed by atoms with van der Waals surface area (Å²) in [4.78, 5) is 39.5. The Morgan fingerprint density at radius 3 is 2.33 bits per heavy atom. The largest absolute Gasteiger partial charge is 0.477 e. The molecule has 12 heteroatoms. The lowest BCUT2D eigenvalue weighted by Crippen LogP contribution is -2.26. The SMILES string of the molecule is O=C(O)c1cn(Cc2c(F)cccc2F)c2nc(-c3ccc([N+](=O)[O-])cc3)c(CBr)n2c1=O. The molecule has 0 aliphatic rings. The first kappa shape index (κ1) is 22.3. The number of carboxylic acids is 1. The van der Waals surface area contributed by atoms with Gasteiger partial charge in [0.25, 0.3) is 11.2 Å². The van der Waals surface area contributed by atoms with Gasteiger partial charge in [-0.1, -0.05) is 22.0 Å². The Balaban J connectivity index is 2.01. The van der Waals surface area contributed by atoms with E-state index in [2.05, 4.69) is 20.9 Å². The average molecular weight is 519 g/mol. The second-order valence-corrected chi connectivity index (χ2v) is 7.52. The fraction of sp³-hybridized carbons (Fsp3) is 0.0952. The number of hydrogen-bond donors (Lipinski definition) is 1. The predicted octanol–water partition coefficient (Wildman–Crippen LogP) is 3.99. The van der Waals surface area contributed by atoms with Crippen LogP contribution in [0.1, 0.15) is 21.6 Å². The smallest absolute Gasteiger partial charge is 0.342 e. The maximum Gasteiger partial charge on any atom is 0.342 e. The van der Waals surface area contributed by atoms with Crippen LogP contribution < -0.4 is 5.56 Å². The summed E-state index contributed by atoms with van der Waals surface area (Å²) < 4.78 is 30.8. The number of fused-ring (bicyclic) bond motifs is 1. The molecule has 2 heterocycles. The first-order valence-electron chi connectivity index (χ1n) is 9.34. The molecular weight excluding hydrogens is 506 g/mol. The lowest BCUT2D eigenvalue weighted by molar-refractivity contribution is -0.384. The van der Waals surface area contributed by atoms with E-state index in [1.54, 1.807) is 0 Å². The summed E-state index contributed by atoms with van der Waals surface area (Å²) >= 11 is 3.27. The molecule has 0 fully saturated rings. The third-order valence-corrected chi connectivity index (χ3v) is 5.56. The minimum absolute atomic E-state index is 0.0459. The maximum atomic E-state index is 14.3.